The van der Waals surface area contributed by atoms with Gasteiger partial charge in [0.25, 0.3) is 0 Å². The average Bonchev–Trinajstić information content (AvgIpc) is 2.59. The third-order valence-electron chi connectivity index (χ3n) is 2.95. The molecule has 0 saturated carbocycles. The van der Waals surface area contributed by atoms with Gasteiger partial charge in [0.05, 0.1) is 19.6 Å². The number of ether oxygens (including phenoxy) is 2. The van der Waals surface area contributed by atoms with E-state index in [1.165, 1.54) is 0 Å². The Hall–Kier alpha value is -1.97. The summed E-state index contributed by atoms with van der Waals surface area (Å²) < 4.78 is 14.4. The summed E-state index contributed by atoms with van der Waals surface area (Å²) in [6.45, 7) is 6.82. The first-order valence-corrected chi connectivity index (χ1v) is 9.17. The smallest absolute Gasteiger partial charge is 0.309 e. The van der Waals surface area contributed by atoms with Crippen molar-refractivity contribution in [1.29, 1.82) is 0 Å². The topological polar surface area (TPSA) is 71.0 Å². The van der Waals surface area contributed by atoms with Crippen molar-refractivity contribution in [2.45, 2.75) is 26.2 Å². The summed E-state index contributed by atoms with van der Waals surface area (Å²) in [4.78, 5) is 23.4. The van der Waals surface area contributed by atoms with E-state index in [0.717, 1.165) is 18.6 Å². The molecule has 1 unspecified atom stereocenters. The lowest BCUT2D eigenvalue weighted by Gasteiger charge is -2.02. The number of allylic oxidation sites excluding steroid dienone is 1. The molecule has 0 aliphatic rings. The van der Waals surface area contributed by atoms with Crippen LogP contribution in [0.25, 0.3) is 0 Å². The van der Waals surface area contributed by atoms with E-state index in [-0.39, 0.29) is 12.4 Å². The van der Waals surface area contributed by atoms with Gasteiger partial charge in [0.1, 0.15) is 12.3 Å². The molecule has 0 heterocycles. The highest BCUT2D eigenvalue weighted by molar-refractivity contribution is 7.48. The number of esters is 1. The Morgan fingerprint density at radius 1 is 1.33 bits per heavy atom. The predicted molar refractivity (Wildman–Crippen MR) is 95.6 cm³/mol. The molecule has 0 bridgehead atoms. The van der Waals surface area contributed by atoms with E-state index in [1.807, 2.05) is 6.92 Å². The molecule has 1 atom stereocenters. The highest BCUT2D eigenvalue weighted by Crippen LogP contribution is 2.17. The summed E-state index contributed by atoms with van der Waals surface area (Å²) in [6.07, 6.45) is 7.01. The zero-order valence-corrected chi connectivity index (χ0v) is 14.9. The predicted octanol–water partition coefficient (Wildman–Crippen LogP) is 3.11. The molecule has 130 valence electrons. The molecule has 0 aliphatic carbocycles. The second-order valence-corrected chi connectivity index (χ2v) is 6.20. The van der Waals surface area contributed by atoms with E-state index in [0.29, 0.717) is 25.1 Å². The lowest BCUT2D eigenvalue weighted by Crippen LogP contribution is -2.05. The van der Waals surface area contributed by atoms with Crippen molar-refractivity contribution in [3.05, 3.63) is 49.1 Å². The van der Waals surface area contributed by atoms with Crippen molar-refractivity contribution in [1.82, 2.24) is 0 Å². The number of unbranched alkanes of at least 4 members (excludes halogenated alkanes) is 1. The van der Waals surface area contributed by atoms with Crippen LogP contribution in [0.15, 0.2) is 53.8 Å². The number of carbonyl (C=O) groups is 1. The van der Waals surface area contributed by atoms with Crippen LogP contribution in [0.4, 0.5) is 0 Å². The third-order valence-corrected chi connectivity index (χ3v) is 4.11. The quantitative estimate of drug-likeness (QED) is 0.266. The van der Waals surface area contributed by atoms with Crippen LogP contribution >= 0.6 is 7.94 Å². The van der Waals surface area contributed by atoms with E-state index in [2.05, 4.69) is 11.3 Å². The van der Waals surface area contributed by atoms with Crippen molar-refractivity contribution in [3.63, 3.8) is 0 Å². The Labute approximate surface area is 144 Å². The second kappa shape index (κ2) is 12.5. The number of benzene rings is 1. The van der Waals surface area contributed by atoms with Crippen molar-refractivity contribution in [2.75, 3.05) is 19.8 Å². The Kier molecular flexibility index (Phi) is 10.4. The lowest BCUT2D eigenvalue weighted by atomic mass is 10.3. The van der Waals surface area contributed by atoms with Crippen molar-refractivity contribution < 1.29 is 19.2 Å². The molecule has 1 rings (SSSR count). The average molecular weight is 349 g/mol. The molecular formula is C18H24NO4P. The van der Waals surface area contributed by atoms with Gasteiger partial charge in [-0.2, -0.15) is 0 Å². The van der Waals surface area contributed by atoms with Gasteiger partial charge in [-0.3, -0.25) is 4.79 Å². The molecular weight excluding hydrogens is 325 g/mol. The van der Waals surface area contributed by atoms with Gasteiger partial charge in [-0.15, -0.1) is 11.3 Å². The molecule has 0 N–H and O–H groups in total. The van der Waals surface area contributed by atoms with Crippen LogP contribution in [0.1, 0.15) is 26.2 Å². The maximum Gasteiger partial charge on any atom is 0.309 e. The fourth-order valence-electron chi connectivity index (χ4n) is 1.77. The standard InChI is InChI=1S/C18H24NO4P/c1-3-5-8-15-23-18(20)9-6-7-14-19-24(21)17-12-10-16(11-13-17)22-4-2/h3,6-7,10-13H,1,4-5,8-9,14-15H2,2H3. The van der Waals surface area contributed by atoms with E-state index in [4.69, 9.17) is 9.47 Å². The summed E-state index contributed by atoms with van der Waals surface area (Å²) in [5.41, 5.74) is 0. The van der Waals surface area contributed by atoms with E-state index < -0.39 is 7.94 Å². The Morgan fingerprint density at radius 3 is 2.75 bits per heavy atom. The summed E-state index contributed by atoms with van der Waals surface area (Å²) in [5, 5.41) is 0.656. The summed E-state index contributed by atoms with van der Waals surface area (Å²) >= 11 is 0. The van der Waals surface area contributed by atoms with Crippen LogP contribution in [0.2, 0.25) is 0 Å². The molecule has 6 heteroatoms. The van der Waals surface area contributed by atoms with Crippen LogP contribution in [-0.2, 0) is 9.53 Å². The molecule has 0 spiro atoms. The maximum atomic E-state index is 12.0. The first kappa shape index (κ1) is 20.1. The molecule has 0 aromatic heterocycles. The second-order valence-electron chi connectivity index (χ2n) is 4.85. The van der Waals surface area contributed by atoms with Crippen LogP contribution < -0.4 is 14.9 Å². The van der Waals surface area contributed by atoms with Gasteiger partial charge in [-0.1, -0.05) is 18.2 Å². The largest absolute Gasteiger partial charge is 0.607 e. The van der Waals surface area contributed by atoms with Crippen molar-refractivity contribution in [3.8, 4) is 5.75 Å². The van der Waals surface area contributed by atoms with Crippen LogP contribution in [0, 0.1) is 0 Å². The van der Waals surface area contributed by atoms with Crippen LogP contribution in [0.3, 0.4) is 0 Å². The summed E-state index contributed by atoms with van der Waals surface area (Å²) in [6, 6.07) is 7.05. The highest BCUT2D eigenvalue weighted by atomic mass is 31.1. The minimum atomic E-state index is -1.80. The van der Waals surface area contributed by atoms with Crippen LogP contribution in [0.5, 0.6) is 5.75 Å². The lowest BCUT2D eigenvalue weighted by molar-refractivity contribution is -0.152. The number of hydrogen-bond acceptors (Lipinski definition) is 5. The SMILES string of the molecule is C=CCCCOC(=O)CC=CCN=[P+]([O-])c1ccc(OCC)cc1. The molecule has 0 fully saturated rings. The highest BCUT2D eigenvalue weighted by Gasteiger charge is 2.04. The zero-order chi connectivity index (χ0) is 17.6. The van der Waals surface area contributed by atoms with Gasteiger partial charge >= 0.3 is 5.97 Å². The van der Waals surface area contributed by atoms with E-state index >= 15 is 0 Å². The Morgan fingerprint density at radius 2 is 2.08 bits per heavy atom. The molecule has 1 aromatic rings. The molecule has 0 aliphatic heterocycles. The fourth-order valence-corrected chi connectivity index (χ4v) is 2.58. The first-order chi connectivity index (χ1) is 11.7. The van der Waals surface area contributed by atoms with E-state index in [9.17, 15) is 9.69 Å². The maximum absolute atomic E-state index is 12.0. The van der Waals surface area contributed by atoms with Crippen LogP contribution in [-0.4, -0.2) is 25.7 Å². The normalized spacial score (nSPS) is 11.5. The first-order valence-electron chi connectivity index (χ1n) is 7.96. The zero-order valence-electron chi connectivity index (χ0n) is 14.0. The number of nitrogens with zero attached hydrogens (tertiary/aromatic N) is 1. The summed E-state index contributed by atoms with van der Waals surface area (Å²) in [7, 11) is -1.80. The molecule has 0 saturated heterocycles. The number of rotatable bonds is 11. The van der Waals surface area contributed by atoms with Crippen molar-refractivity contribution >= 4 is 19.2 Å². The van der Waals surface area contributed by atoms with Gasteiger partial charge < -0.3 is 14.4 Å². The van der Waals surface area contributed by atoms with E-state index in [1.54, 1.807) is 42.5 Å². The van der Waals surface area contributed by atoms with Gasteiger partial charge in [0.15, 0.2) is 5.30 Å². The van der Waals surface area contributed by atoms with Crippen molar-refractivity contribution in [2.24, 2.45) is 4.74 Å². The fraction of sp³-hybridized carbons (Fsp3) is 0.389. The Balaban J connectivity index is 2.32. The van der Waals surface area contributed by atoms with Gasteiger partial charge in [-0.25, -0.2) is 0 Å². The minimum absolute atomic E-state index is 0.198. The van der Waals surface area contributed by atoms with Gasteiger partial charge in [0, 0.05) is 0 Å². The third kappa shape index (κ3) is 8.61. The number of carbonyl (C=O) groups excluding carboxylic acids is 1. The molecule has 5 nitrogen and oxygen atoms in total. The van der Waals surface area contributed by atoms with Gasteiger partial charge in [0.2, 0.25) is 7.94 Å². The number of hydrogen-bond donors (Lipinski definition) is 0. The minimum Gasteiger partial charge on any atom is -0.607 e. The molecule has 24 heavy (non-hydrogen) atoms. The monoisotopic (exact) mass is 349 g/mol. The van der Waals surface area contributed by atoms with Gasteiger partial charge in [-0.05, 0) is 44.0 Å². The molecule has 0 radical (unpaired) electrons. The summed E-state index contributed by atoms with van der Waals surface area (Å²) in [5.74, 6) is 0.474. The Bertz CT molecular complexity index is 567. The molecule has 1 aromatic carbocycles. The molecule has 0 amide bonds.